The van der Waals surface area contributed by atoms with Crippen molar-refractivity contribution in [2.24, 2.45) is 0 Å². The molecule has 8 nitrogen and oxygen atoms in total. The van der Waals surface area contributed by atoms with E-state index in [9.17, 15) is 9.59 Å². The lowest BCUT2D eigenvalue weighted by Crippen LogP contribution is -2.40. The minimum absolute atomic E-state index is 0.0954. The van der Waals surface area contributed by atoms with Crippen LogP contribution in [0, 0.1) is 0 Å². The van der Waals surface area contributed by atoms with E-state index in [4.69, 9.17) is 78.5 Å². The quantitative estimate of drug-likeness (QED) is 0.267. The van der Waals surface area contributed by atoms with E-state index in [0.717, 1.165) is 0 Å². The van der Waals surface area contributed by atoms with Crippen molar-refractivity contribution in [3.8, 4) is 11.4 Å². The Hall–Kier alpha value is -0.463. The minimum Gasteiger partial charge on any atom is -0.390 e. The first kappa shape index (κ1) is 27.8. The SMILES string of the molecule is CO[Si](O)(CCCNC(=O)c1ccc(-c2nc(C(Cl)(Cl)Cl)nc(C(Cl)(Cl)Cl)n2)cc1)OC. The third-order valence-electron chi connectivity index (χ3n) is 4.14. The third kappa shape index (κ3) is 7.80. The second kappa shape index (κ2) is 11.3. The van der Waals surface area contributed by atoms with E-state index in [1.807, 2.05) is 0 Å². The molecule has 1 aromatic carbocycles. The lowest BCUT2D eigenvalue weighted by molar-refractivity contribution is 0.0951. The molecule has 0 atom stereocenters. The van der Waals surface area contributed by atoms with Gasteiger partial charge in [0.25, 0.3) is 5.91 Å². The normalized spacial score (nSPS) is 12.7. The summed E-state index contributed by atoms with van der Waals surface area (Å²) in [6.07, 6.45) is 0.485. The van der Waals surface area contributed by atoms with Gasteiger partial charge in [-0.2, -0.15) is 0 Å². The molecular formula is C17H18Cl6N4O4Si. The highest BCUT2D eigenvalue weighted by molar-refractivity contribution is 6.67. The molecular weight excluding hydrogens is 565 g/mol. The van der Waals surface area contributed by atoms with Crippen LogP contribution in [-0.2, 0) is 16.4 Å². The second-order valence-corrected chi connectivity index (χ2v) is 13.7. The molecule has 0 aliphatic carbocycles. The van der Waals surface area contributed by atoms with Crippen molar-refractivity contribution in [1.29, 1.82) is 0 Å². The van der Waals surface area contributed by atoms with Gasteiger partial charge in [0, 0.05) is 37.9 Å². The van der Waals surface area contributed by atoms with Crippen molar-refractivity contribution < 1.29 is 18.4 Å². The van der Waals surface area contributed by atoms with Crippen LogP contribution in [0.4, 0.5) is 0 Å². The average Bonchev–Trinajstić information content (AvgIpc) is 2.75. The molecule has 2 rings (SSSR count). The maximum Gasteiger partial charge on any atom is 0.497 e. The molecule has 32 heavy (non-hydrogen) atoms. The summed E-state index contributed by atoms with van der Waals surface area (Å²) >= 11 is 35.3. The Bertz CT molecular complexity index is 904. The third-order valence-corrected chi connectivity index (χ3v) is 7.42. The summed E-state index contributed by atoms with van der Waals surface area (Å²) in [4.78, 5) is 34.5. The fourth-order valence-corrected chi connectivity index (χ4v) is 4.14. The number of alkyl halides is 6. The maximum atomic E-state index is 12.4. The molecule has 2 aromatic rings. The molecule has 0 fully saturated rings. The Morgan fingerprint density at radius 2 is 1.47 bits per heavy atom. The first-order chi connectivity index (χ1) is 14.8. The summed E-state index contributed by atoms with van der Waals surface area (Å²) in [5.41, 5.74) is 0.864. The Morgan fingerprint density at radius 3 is 1.91 bits per heavy atom. The summed E-state index contributed by atoms with van der Waals surface area (Å²) in [5.74, 6) is -0.647. The van der Waals surface area contributed by atoms with Gasteiger partial charge >= 0.3 is 8.80 Å². The number of rotatable bonds is 8. The van der Waals surface area contributed by atoms with Crippen LogP contribution >= 0.6 is 69.6 Å². The smallest absolute Gasteiger partial charge is 0.390 e. The molecule has 0 unspecified atom stereocenters. The Labute approximate surface area is 215 Å². The van der Waals surface area contributed by atoms with E-state index in [2.05, 4.69) is 20.3 Å². The highest BCUT2D eigenvalue weighted by Gasteiger charge is 2.34. The molecule has 0 saturated heterocycles. The molecule has 1 amide bonds. The highest BCUT2D eigenvalue weighted by atomic mass is 35.6. The van der Waals surface area contributed by atoms with Crippen LogP contribution in [0.15, 0.2) is 24.3 Å². The molecule has 1 aromatic heterocycles. The summed E-state index contributed by atoms with van der Waals surface area (Å²) in [6.45, 7) is 0.329. The Kier molecular flexibility index (Phi) is 9.82. The fraction of sp³-hybridized carbons (Fsp3) is 0.412. The fourth-order valence-electron chi connectivity index (χ4n) is 2.43. The van der Waals surface area contributed by atoms with Crippen LogP contribution in [-0.4, -0.2) is 55.2 Å². The number of halogens is 6. The largest absolute Gasteiger partial charge is 0.497 e. The standard InChI is InChI=1S/C17H18Cl6N4O4Si/c1-30-32(29,31-2)9-3-8-24-13(28)11-6-4-10(5-7-11)12-25-14(16(18,19)20)27-15(26-12)17(21,22)23/h4-7,29H,3,8-9H2,1-2H3,(H,24,28). The first-order valence-electron chi connectivity index (χ1n) is 8.91. The van der Waals surface area contributed by atoms with Crippen molar-refractivity contribution in [3.05, 3.63) is 41.5 Å². The number of benzene rings is 1. The van der Waals surface area contributed by atoms with Crippen molar-refractivity contribution in [1.82, 2.24) is 20.3 Å². The topological polar surface area (TPSA) is 106 Å². The molecule has 0 aliphatic rings. The number of amides is 1. The van der Waals surface area contributed by atoms with Gasteiger partial charge < -0.3 is 19.0 Å². The van der Waals surface area contributed by atoms with Crippen LogP contribution < -0.4 is 5.32 Å². The van der Waals surface area contributed by atoms with E-state index in [-0.39, 0.29) is 23.4 Å². The van der Waals surface area contributed by atoms with E-state index < -0.39 is 16.4 Å². The lowest BCUT2D eigenvalue weighted by atomic mass is 10.1. The minimum atomic E-state index is -3.16. The number of carbonyl (C=O) groups excluding carboxylic acids is 1. The summed E-state index contributed by atoms with van der Waals surface area (Å²) in [6, 6.07) is 6.63. The number of carbonyl (C=O) groups is 1. The molecule has 0 aliphatic heterocycles. The zero-order chi connectivity index (χ0) is 24.2. The van der Waals surface area contributed by atoms with Gasteiger partial charge in [-0.3, -0.25) is 4.79 Å². The van der Waals surface area contributed by atoms with Crippen LogP contribution in [0.2, 0.25) is 6.04 Å². The summed E-state index contributed by atoms with van der Waals surface area (Å²) in [7, 11) is -0.389. The number of nitrogens with zero attached hydrogens (tertiary/aromatic N) is 3. The van der Waals surface area contributed by atoms with Crippen molar-refractivity contribution in [2.45, 2.75) is 20.0 Å². The molecule has 176 valence electrons. The molecule has 1 heterocycles. The Morgan fingerprint density at radius 1 is 0.969 bits per heavy atom. The van der Waals surface area contributed by atoms with Gasteiger partial charge in [0.05, 0.1) is 0 Å². The van der Waals surface area contributed by atoms with Gasteiger partial charge in [0.1, 0.15) is 0 Å². The first-order valence-corrected chi connectivity index (χ1v) is 13.1. The highest BCUT2D eigenvalue weighted by Crippen LogP contribution is 2.40. The van der Waals surface area contributed by atoms with E-state index in [1.54, 1.807) is 24.3 Å². The zero-order valence-corrected chi connectivity index (χ0v) is 22.2. The van der Waals surface area contributed by atoms with Crippen molar-refractivity contribution >= 4 is 84.3 Å². The molecule has 2 N–H and O–H groups in total. The Balaban J connectivity index is 2.14. The van der Waals surface area contributed by atoms with E-state index in [0.29, 0.717) is 30.1 Å². The zero-order valence-electron chi connectivity index (χ0n) is 16.7. The van der Waals surface area contributed by atoms with Gasteiger partial charge in [0.2, 0.25) is 7.59 Å². The van der Waals surface area contributed by atoms with Crippen LogP contribution in [0.5, 0.6) is 0 Å². The van der Waals surface area contributed by atoms with Crippen LogP contribution in [0.3, 0.4) is 0 Å². The van der Waals surface area contributed by atoms with Crippen molar-refractivity contribution in [2.75, 3.05) is 20.8 Å². The van der Waals surface area contributed by atoms with Gasteiger partial charge in [-0.25, -0.2) is 15.0 Å². The van der Waals surface area contributed by atoms with Gasteiger partial charge in [-0.05, 0) is 18.6 Å². The number of hydrogen-bond donors (Lipinski definition) is 2. The van der Waals surface area contributed by atoms with Gasteiger partial charge in [-0.15, -0.1) is 0 Å². The molecule has 0 bridgehead atoms. The van der Waals surface area contributed by atoms with Gasteiger partial charge in [0.15, 0.2) is 17.5 Å². The predicted molar refractivity (Wildman–Crippen MR) is 127 cm³/mol. The molecule has 0 radical (unpaired) electrons. The average molecular weight is 583 g/mol. The number of aromatic nitrogens is 3. The summed E-state index contributed by atoms with van der Waals surface area (Å²) < 4.78 is 6.03. The molecule has 15 heteroatoms. The summed E-state index contributed by atoms with van der Waals surface area (Å²) in [5, 5.41) is 2.75. The maximum absolute atomic E-state index is 12.4. The van der Waals surface area contributed by atoms with E-state index >= 15 is 0 Å². The van der Waals surface area contributed by atoms with Crippen molar-refractivity contribution in [3.63, 3.8) is 0 Å². The van der Waals surface area contributed by atoms with Crippen LogP contribution in [0.25, 0.3) is 11.4 Å². The monoisotopic (exact) mass is 580 g/mol. The number of hydrogen-bond acceptors (Lipinski definition) is 7. The lowest BCUT2D eigenvalue weighted by Gasteiger charge is -2.19. The van der Waals surface area contributed by atoms with E-state index in [1.165, 1.54) is 14.2 Å². The predicted octanol–water partition coefficient (Wildman–Crippen LogP) is 4.54. The second-order valence-electron chi connectivity index (χ2n) is 6.36. The molecule has 0 spiro atoms. The van der Waals surface area contributed by atoms with Crippen LogP contribution in [0.1, 0.15) is 28.4 Å². The number of nitrogens with one attached hydrogen (secondary N) is 1. The molecule has 0 saturated carbocycles. The van der Waals surface area contributed by atoms with Gasteiger partial charge in [-0.1, -0.05) is 81.7 Å².